The first-order valence-corrected chi connectivity index (χ1v) is 8.34. The van der Waals surface area contributed by atoms with Gasteiger partial charge in [-0.3, -0.25) is 4.72 Å². The van der Waals surface area contributed by atoms with Gasteiger partial charge in [0.25, 0.3) is 0 Å². The van der Waals surface area contributed by atoms with Crippen LogP contribution in [0.25, 0.3) is 0 Å². The molecule has 0 atom stereocenters. The molecule has 118 valence electrons. The zero-order valence-corrected chi connectivity index (χ0v) is 12.8. The van der Waals surface area contributed by atoms with E-state index in [-0.39, 0.29) is 11.7 Å². The van der Waals surface area contributed by atoms with Gasteiger partial charge in [0.1, 0.15) is 11.7 Å². The van der Waals surface area contributed by atoms with Crippen molar-refractivity contribution >= 4 is 21.7 Å². The SMILES string of the molecule is O=S1(=O)N=C(Nc2ccc(F)cc2)C=C(Cc2ccccc2)N1. The number of benzene rings is 2. The molecular weight excluding hydrogens is 317 g/mol. The van der Waals surface area contributed by atoms with E-state index in [1.54, 1.807) is 6.08 Å². The normalized spacial score (nSPS) is 16.0. The van der Waals surface area contributed by atoms with Gasteiger partial charge in [0.05, 0.1) is 0 Å². The monoisotopic (exact) mass is 331 g/mol. The molecule has 0 saturated heterocycles. The number of halogens is 1. The number of nitrogens with one attached hydrogen (secondary N) is 2. The van der Waals surface area contributed by atoms with Gasteiger partial charge in [-0.25, -0.2) is 4.39 Å². The number of amidine groups is 1. The highest BCUT2D eigenvalue weighted by Crippen LogP contribution is 2.14. The van der Waals surface area contributed by atoms with E-state index < -0.39 is 10.2 Å². The quantitative estimate of drug-likeness (QED) is 0.908. The van der Waals surface area contributed by atoms with E-state index in [1.807, 2.05) is 30.3 Å². The van der Waals surface area contributed by atoms with Crippen molar-refractivity contribution in [1.82, 2.24) is 4.72 Å². The molecule has 2 N–H and O–H groups in total. The Balaban J connectivity index is 1.83. The predicted octanol–water partition coefficient (Wildman–Crippen LogP) is 2.61. The minimum atomic E-state index is -3.80. The Hall–Kier alpha value is -2.67. The van der Waals surface area contributed by atoms with E-state index in [0.717, 1.165) is 5.56 Å². The molecule has 2 aromatic rings. The molecule has 0 aromatic heterocycles. The first-order chi connectivity index (χ1) is 11.0. The van der Waals surface area contributed by atoms with E-state index >= 15 is 0 Å². The maximum atomic E-state index is 12.9. The Bertz CT molecular complexity index is 860. The predicted molar refractivity (Wildman–Crippen MR) is 87.7 cm³/mol. The van der Waals surface area contributed by atoms with Crippen molar-refractivity contribution in [3.05, 3.63) is 77.8 Å². The molecule has 5 nitrogen and oxygen atoms in total. The van der Waals surface area contributed by atoms with Gasteiger partial charge in [0.15, 0.2) is 0 Å². The third-order valence-electron chi connectivity index (χ3n) is 3.14. The summed E-state index contributed by atoms with van der Waals surface area (Å²) in [6.07, 6.45) is 2.06. The molecule has 0 unspecified atom stereocenters. The van der Waals surface area contributed by atoms with Gasteiger partial charge in [-0.1, -0.05) is 30.3 Å². The summed E-state index contributed by atoms with van der Waals surface area (Å²) in [5, 5.41) is 2.87. The fourth-order valence-electron chi connectivity index (χ4n) is 2.18. The lowest BCUT2D eigenvalue weighted by Gasteiger charge is -2.16. The molecule has 1 aliphatic heterocycles. The van der Waals surface area contributed by atoms with Gasteiger partial charge < -0.3 is 5.32 Å². The number of hydrogen-bond donors (Lipinski definition) is 2. The van der Waals surface area contributed by atoms with Gasteiger partial charge in [0, 0.05) is 23.9 Å². The van der Waals surface area contributed by atoms with Crippen LogP contribution in [0.3, 0.4) is 0 Å². The molecule has 0 radical (unpaired) electrons. The minimum Gasteiger partial charge on any atom is -0.339 e. The molecule has 0 fully saturated rings. The fraction of sp³-hybridized carbons (Fsp3) is 0.0625. The molecule has 2 aromatic carbocycles. The van der Waals surface area contributed by atoms with E-state index in [9.17, 15) is 12.8 Å². The lowest BCUT2D eigenvalue weighted by atomic mass is 10.1. The molecule has 7 heteroatoms. The van der Waals surface area contributed by atoms with Crippen molar-refractivity contribution in [3.63, 3.8) is 0 Å². The number of allylic oxidation sites excluding steroid dienone is 1. The summed E-state index contributed by atoms with van der Waals surface area (Å²) in [7, 11) is -3.80. The second-order valence-corrected chi connectivity index (χ2v) is 6.35. The smallest absolute Gasteiger partial charge is 0.339 e. The number of anilines is 1. The van der Waals surface area contributed by atoms with Crippen molar-refractivity contribution < 1.29 is 12.8 Å². The van der Waals surface area contributed by atoms with Gasteiger partial charge >= 0.3 is 10.2 Å². The van der Waals surface area contributed by atoms with Crippen LogP contribution >= 0.6 is 0 Å². The lowest BCUT2D eigenvalue weighted by molar-refractivity contribution is 0.589. The van der Waals surface area contributed by atoms with Crippen LogP contribution in [0.2, 0.25) is 0 Å². The highest BCUT2D eigenvalue weighted by Gasteiger charge is 2.18. The van der Waals surface area contributed by atoms with Crippen LogP contribution in [-0.4, -0.2) is 14.3 Å². The van der Waals surface area contributed by atoms with Crippen molar-refractivity contribution in [2.24, 2.45) is 4.40 Å². The lowest BCUT2D eigenvalue weighted by Crippen LogP contribution is -2.30. The minimum absolute atomic E-state index is 0.182. The zero-order chi connectivity index (χ0) is 16.3. The number of rotatable bonds is 3. The van der Waals surface area contributed by atoms with Gasteiger partial charge in [0.2, 0.25) is 0 Å². The fourth-order valence-corrected chi connectivity index (χ4v) is 3.05. The third kappa shape index (κ3) is 4.17. The Kier molecular flexibility index (Phi) is 4.12. The van der Waals surface area contributed by atoms with Gasteiger partial charge in [-0.05, 0) is 29.8 Å². The average Bonchev–Trinajstić information content (AvgIpc) is 2.49. The number of hydrogen-bond acceptors (Lipinski definition) is 3. The van der Waals surface area contributed by atoms with Crippen LogP contribution < -0.4 is 10.0 Å². The van der Waals surface area contributed by atoms with Crippen molar-refractivity contribution in [1.29, 1.82) is 0 Å². The van der Waals surface area contributed by atoms with E-state index in [1.165, 1.54) is 24.3 Å². The van der Waals surface area contributed by atoms with Crippen LogP contribution in [0.5, 0.6) is 0 Å². The maximum absolute atomic E-state index is 12.9. The van der Waals surface area contributed by atoms with Crippen LogP contribution in [-0.2, 0) is 16.6 Å². The summed E-state index contributed by atoms with van der Waals surface area (Å²) in [4.78, 5) is 0. The zero-order valence-electron chi connectivity index (χ0n) is 12.0. The molecule has 0 aliphatic carbocycles. The van der Waals surface area contributed by atoms with Crippen LogP contribution in [0.4, 0.5) is 10.1 Å². The first-order valence-electron chi connectivity index (χ1n) is 6.90. The second-order valence-electron chi connectivity index (χ2n) is 5.02. The molecule has 1 aliphatic rings. The van der Waals surface area contributed by atoms with E-state index in [0.29, 0.717) is 17.8 Å². The molecule has 3 rings (SSSR count). The van der Waals surface area contributed by atoms with Crippen LogP contribution in [0.1, 0.15) is 5.56 Å². The summed E-state index contributed by atoms with van der Waals surface area (Å²) in [5.41, 5.74) is 2.04. The molecule has 0 saturated carbocycles. The molecule has 0 spiro atoms. The Morgan fingerprint density at radius 3 is 2.43 bits per heavy atom. The Labute approximate surface area is 133 Å². The first kappa shape index (κ1) is 15.2. The largest absolute Gasteiger partial charge is 0.343 e. The van der Waals surface area contributed by atoms with Crippen molar-refractivity contribution in [3.8, 4) is 0 Å². The second kappa shape index (κ2) is 6.21. The molecule has 1 heterocycles. The summed E-state index contributed by atoms with van der Waals surface area (Å²) in [5.74, 6) is -0.183. The highest BCUT2D eigenvalue weighted by molar-refractivity contribution is 7.88. The van der Waals surface area contributed by atoms with Crippen molar-refractivity contribution in [2.45, 2.75) is 6.42 Å². The van der Waals surface area contributed by atoms with E-state index in [4.69, 9.17) is 0 Å². The Morgan fingerprint density at radius 2 is 1.74 bits per heavy atom. The summed E-state index contributed by atoms with van der Waals surface area (Å²) in [6.45, 7) is 0. The van der Waals surface area contributed by atoms with Crippen LogP contribution in [0, 0.1) is 5.82 Å². The average molecular weight is 331 g/mol. The summed E-state index contributed by atoms with van der Waals surface area (Å²) >= 11 is 0. The molecule has 0 amide bonds. The van der Waals surface area contributed by atoms with Gasteiger partial charge in [-0.15, -0.1) is 4.40 Å². The Morgan fingerprint density at radius 1 is 1.04 bits per heavy atom. The van der Waals surface area contributed by atoms with Crippen LogP contribution in [0.15, 0.2) is 70.8 Å². The standard InChI is InChI=1S/C16H14FN3O2S/c17-13-6-8-14(9-7-13)18-16-11-15(19-23(21,22)20-16)10-12-4-2-1-3-5-12/h1-9,11,19H,10H2,(H,18,20). The maximum Gasteiger partial charge on any atom is 0.343 e. The summed E-state index contributed by atoms with van der Waals surface area (Å²) < 4.78 is 42.7. The number of nitrogens with zero attached hydrogens (tertiary/aromatic N) is 1. The molecular formula is C16H14FN3O2S. The van der Waals surface area contributed by atoms with E-state index in [2.05, 4.69) is 14.4 Å². The highest BCUT2D eigenvalue weighted by atomic mass is 32.2. The van der Waals surface area contributed by atoms with Crippen molar-refractivity contribution in [2.75, 3.05) is 5.32 Å². The molecule has 23 heavy (non-hydrogen) atoms. The summed E-state index contributed by atoms with van der Waals surface area (Å²) in [6, 6.07) is 15.1. The molecule has 0 bridgehead atoms. The third-order valence-corrected chi connectivity index (χ3v) is 4.10. The van der Waals surface area contributed by atoms with Gasteiger partial charge in [-0.2, -0.15) is 8.42 Å². The topological polar surface area (TPSA) is 70.6 Å².